The number of hydrogen-bond donors (Lipinski definition) is 0. The van der Waals surface area contributed by atoms with Crippen molar-refractivity contribution < 1.29 is 19.2 Å². The molecule has 1 aromatic carbocycles. The Morgan fingerprint density at radius 2 is 2.09 bits per heavy atom. The highest BCUT2D eigenvalue weighted by Crippen LogP contribution is 2.34. The average molecular weight is 320 g/mol. The van der Waals surface area contributed by atoms with Crippen LogP contribution < -0.4 is 4.90 Å². The van der Waals surface area contributed by atoms with Crippen molar-refractivity contribution in [3.05, 3.63) is 33.9 Å². The number of nitrogens with zero attached hydrogens (tertiary/aromatic N) is 2. The molecule has 0 radical (unpaired) electrons. The Bertz CT molecular complexity index is 612. The number of nitro groups is 1. The third-order valence-electron chi connectivity index (χ3n) is 4.41. The molecule has 1 atom stereocenters. The molecular weight excluding hydrogens is 300 g/mol. The Morgan fingerprint density at radius 3 is 2.74 bits per heavy atom. The second-order valence-corrected chi connectivity index (χ2v) is 5.98. The Labute approximate surface area is 134 Å². The lowest BCUT2D eigenvalue weighted by Gasteiger charge is -2.35. The highest BCUT2D eigenvalue weighted by Gasteiger charge is 2.33. The van der Waals surface area contributed by atoms with Gasteiger partial charge in [0.15, 0.2) is 12.1 Å². The van der Waals surface area contributed by atoms with Crippen molar-refractivity contribution in [3.63, 3.8) is 0 Å². The molecule has 0 saturated carbocycles. The predicted octanol–water partition coefficient (Wildman–Crippen LogP) is 2.39. The van der Waals surface area contributed by atoms with Gasteiger partial charge in [0.1, 0.15) is 5.69 Å². The van der Waals surface area contributed by atoms with Crippen LogP contribution in [-0.2, 0) is 9.47 Å². The lowest BCUT2D eigenvalue weighted by atomic mass is 9.96. The van der Waals surface area contributed by atoms with Gasteiger partial charge in [-0.25, -0.2) is 0 Å². The van der Waals surface area contributed by atoms with Gasteiger partial charge >= 0.3 is 0 Å². The molecule has 2 heterocycles. The zero-order valence-electron chi connectivity index (χ0n) is 13.1. The number of anilines is 1. The van der Waals surface area contributed by atoms with E-state index in [1.165, 1.54) is 13.0 Å². The van der Waals surface area contributed by atoms with Crippen LogP contribution in [0, 0.1) is 16.0 Å². The summed E-state index contributed by atoms with van der Waals surface area (Å²) < 4.78 is 11.2. The summed E-state index contributed by atoms with van der Waals surface area (Å²) in [6, 6.07) is 4.69. The van der Waals surface area contributed by atoms with Crippen molar-refractivity contribution in [2.24, 2.45) is 5.92 Å². The largest absolute Gasteiger partial charge is 0.366 e. The summed E-state index contributed by atoms with van der Waals surface area (Å²) in [5.74, 6) is 0.0299. The lowest BCUT2D eigenvalue weighted by Crippen LogP contribution is -2.41. The Hall–Kier alpha value is -1.99. The topological polar surface area (TPSA) is 81.9 Å². The maximum absolute atomic E-state index is 11.5. The molecule has 0 aliphatic carbocycles. The third-order valence-corrected chi connectivity index (χ3v) is 4.41. The van der Waals surface area contributed by atoms with Crippen LogP contribution in [0.2, 0.25) is 0 Å². The summed E-state index contributed by atoms with van der Waals surface area (Å²) in [6.07, 6.45) is 1.70. The van der Waals surface area contributed by atoms with Crippen molar-refractivity contribution in [3.8, 4) is 0 Å². The van der Waals surface area contributed by atoms with E-state index in [9.17, 15) is 14.9 Å². The van der Waals surface area contributed by atoms with E-state index in [1.54, 1.807) is 12.1 Å². The van der Waals surface area contributed by atoms with Crippen LogP contribution in [0.3, 0.4) is 0 Å². The van der Waals surface area contributed by atoms with Crippen LogP contribution in [0.1, 0.15) is 30.1 Å². The summed E-state index contributed by atoms with van der Waals surface area (Å²) in [7, 11) is 0. The molecule has 0 N–H and O–H groups in total. The maximum atomic E-state index is 11.5. The van der Waals surface area contributed by atoms with Crippen LogP contribution in [-0.4, -0.2) is 43.3 Å². The van der Waals surface area contributed by atoms with E-state index in [0.717, 1.165) is 19.4 Å². The number of ether oxygens (including phenoxy) is 2. The maximum Gasteiger partial charge on any atom is 0.293 e. The first-order chi connectivity index (χ1) is 11.1. The normalized spacial score (nSPS) is 22.3. The predicted molar refractivity (Wildman–Crippen MR) is 83.7 cm³/mol. The van der Waals surface area contributed by atoms with Crippen LogP contribution in [0.5, 0.6) is 0 Å². The number of hydrogen-bond acceptors (Lipinski definition) is 6. The van der Waals surface area contributed by atoms with Crippen molar-refractivity contribution in [1.82, 2.24) is 0 Å². The lowest BCUT2D eigenvalue weighted by molar-refractivity contribution is -0.384. The van der Waals surface area contributed by atoms with Gasteiger partial charge in [-0.3, -0.25) is 14.9 Å². The molecule has 2 fully saturated rings. The summed E-state index contributed by atoms with van der Waals surface area (Å²) in [5.41, 5.74) is 0.894. The van der Waals surface area contributed by atoms with Crippen molar-refractivity contribution in [2.75, 3.05) is 31.2 Å². The fourth-order valence-corrected chi connectivity index (χ4v) is 3.26. The first-order valence-electron chi connectivity index (χ1n) is 7.84. The van der Waals surface area contributed by atoms with Gasteiger partial charge in [0.05, 0.1) is 18.1 Å². The average Bonchev–Trinajstić information content (AvgIpc) is 3.09. The molecule has 2 aliphatic rings. The molecule has 23 heavy (non-hydrogen) atoms. The van der Waals surface area contributed by atoms with Crippen LogP contribution in [0.25, 0.3) is 0 Å². The second-order valence-electron chi connectivity index (χ2n) is 5.98. The summed E-state index contributed by atoms with van der Waals surface area (Å²) in [4.78, 5) is 24.4. The minimum atomic E-state index is -0.423. The van der Waals surface area contributed by atoms with Gasteiger partial charge in [0.25, 0.3) is 5.69 Å². The smallest absolute Gasteiger partial charge is 0.293 e. The number of ketones is 1. The zero-order valence-corrected chi connectivity index (χ0v) is 13.1. The van der Waals surface area contributed by atoms with Gasteiger partial charge in [-0.2, -0.15) is 0 Å². The Morgan fingerprint density at radius 1 is 1.35 bits per heavy atom. The molecule has 0 aromatic heterocycles. The SMILES string of the molecule is CC(=O)c1ccc(N2CCC[C@@H](C3OCCO3)C2)c([N+](=O)[O-])c1. The minimum Gasteiger partial charge on any atom is -0.366 e. The first-order valence-corrected chi connectivity index (χ1v) is 7.84. The van der Waals surface area contributed by atoms with Crippen molar-refractivity contribution >= 4 is 17.2 Å². The molecule has 124 valence electrons. The van der Waals surface area contributed by atoms with E-state index in [0.29, 0.717) is 31.0 Å². The Balaban J connectivity index is 1.84. The molecule has 3 rings (SSSR count). The molecule has 0 bridgehead atoms. The molecule has 2 saturated heterocycles. The van der Waals surface area contributed by atoms with E-state index in [1.807, 2.05) is 4.90 Å². The van der Waals surface area contributed by atoms with E-state index in [2.05, 4.69) is 0 Å². The summed E-state index contributed by atoms with van der Waals surface area (Å²) in [5, 5.41) is 11.4. The molecule has 1 aromatic rings. The van der Waals surface area contributed by atoms with Crippen molar-refractivity contribution in [1.29, 1.82) is 0 Å². The number of carbonyl (C=O) groups excluding carboxylic acids is 1. The second kappa shape index (κ2) is 6.64. The standard InChI is InChI=1S/C16H20N2O5/c1-11(19)12-4-5-14(15(9-12)18(20)21)17-6-2-3-13(10-17)16-22-7-8-23-16/h4-5,9,13,16H,2-3,6-8,10H2,1H3/t13-/m1/s1. The Kier molecular flexibility index (Phi) is 4.58. The van der Waals surface area contributed by atoms with Crippen molar-refractivity contribution in [2.45, 2.75) is 26.1 Å². The van der Waals surface area contributed by atoms with Gasteiger partial charge in [-0.05, 0) is 31.9 Å². The van der Waals surface area contributed by atoms with E-state index >= 15 is 0 Å². The van der Waals surface area contributed by atoms with Crippen LogP contribution in [0.15, 0.2) is 18.2 Å². The van der Waals surface area contributed by atoms with Gasteiger partial charge in [0.2, 0.25) is 0 Å². The number of nitro benzene ring substituents is 1. The quantitative estimate of drug-likeness (QED) is 0.481. The van der Waals surface area contributed by atoms with Crippen LogP contribution in [0.4, 0.5) is 11.4 Å². The van der Waals surface area contributed by atoms with Gasteiger partial charge < -0.3 is 14.4 Å². The highest BCUT2D eigenvalue weighted by atomic mass is 16.7. The number of Topliss-reactive ketones (excluding diaryl/α,β-unsaturated/α-hetero) is 1. The minimum absolute atomic E-state index is 0.0217. The summed E-state index contributed by atoms with van der Waals surface area (Å²) in [6.45, 7) is 4.03. The monoisotopic (exact) mass is 320 g/mol. The number of piperidine rings is 1. The molecule has 7 nitrogen and oxygen atoms in total. The molecule has 0 unspecified atom stereocenters. The molecule has 0 amide bonds. The summed E-state index contributed by atoms with van der Waals surface area (Å²) >= 11 is 0. The fourth-order valence-electron chi connectivity index (χ4n) is 3.26. The number of carbonyl (C=O) groups is 1. The molecule has 0 spiro atoms. The fraction of sp³-hybridized carbons (Fsp3) is 0.562. The number of benzene rings is 1. The highest BCUT2D eigenvalue weighted by molar-refractivity contribution is 5.95. The zero-order chi connectivity index (χ0) is 16.4. The first kappa shape index (κ1) is 15.9. The molecule has 2 aliphatic heterocycles. The van der Waals surface area contributed by atoms with Gasteiger partial charge in [-0.1, -0.05) is 0 Å². The van der Waals surface area contributed by atoms with E-state index < -0.39 is 4.92 Å². The van der Waals surface area contributed by atoms with E-state index in [-0.39, 0.29) is 23.7 Å². The molecule has 7 heteroatoms. The van der Waals surface area contributed by atoms with Gasteiger partial charge in [0, 0.05) is 30.6 Å². The third kappa shape index (κ3) is 3.35. The number of rotatable bonds is 4. The van der Waals surface area contributed by atoms with Crippen LogP contribution >= 0.6 is 0 Å². The van der Waals surface area contributed by atoms with Gasteiger partial charge in [-0.15, -0.1) is 0 Å². The molecular formula is C16H20N2O5. The van der Waals surface area contributed by atoms with E-state index in [4.69, 9.17) is 9.47 Å².